The lowest BCUT2D eigenvalue weighted by atomic mass is 9.90. The zero-order valence-corrected chi connectivity index (χ0v) is 13.3. The number of rotatable bonds is 3. The third-order valence-electron chi connectivity index (χ3n) is 4.22. The van der Waals surface area contributed by atoms with Gasteiger partial charge in [-0.2, -0.15) is 4.99 Å². The maximum absolute atomic E-state index is 12.0. The molecule has 0 atom stereocenters. The normalized spacial score (nSPS) is 21.7. The van der Waals surface area contributed by atoms with Crippen LogP contribution in [0.15, 0.2) is 4.99 Å². The number of aliphatic imine (C=N–C) groups is 1. The van der Waals surface area contributed by atoms with Crippen molar-refractivity contribution in [2.24, 2.45) is 16.8 Å². The van der Waals surface area contributed by atoms with Gasteiger partial charge in [-0.15, -0.1) is 0 Å². The molecule has 1 amide bonds. The Morgan fingerprint density at radius 3 is 2.52 bits per heavy atom. The Morgan fingerprint density at radius 1 is 1.24 bits per heavy atom. The molecule has 0 aromatic heterocycles. The number of ether oxygens (including phenoxy) is 2. The topological polar surface area (TPSA) is 51.1 Å². The molecule has 2 fully saturated rings. The number of carbonyl (C=O) groups excluding carboxylic acids is 1. The van der Waals surface area contributed by atoms with E-state index in [1.807, 2.05) is 0 Å². The summed E-state index contributed by atoms with van der Waals surface area (Å²) in [4.78, 5) is 18.3. The fourth-order valence-corrected chi connectivity index (χ4v) is 3.03. The second kappa shape index (κ2) is 8.37. The van der Waals surface area contributed by atoms with Crippen LogP contribution in [0.1, 0.15) is 46.0 Å². The van der Waals surface area contributed by atoms with E-state index in [1.165, 1.54) is 32.1 Å². The molecule has 0 aromatic carbocycles. The maximum atomic E-state index is 12.0. The molecule has 5 nitrogen and oxygen atoms in total. The number of hydrogen-bond acceptors (Lipinski definition) is 3. The van der Waals surface area contributed by atoms with Gasteiger partial charge in [0.25, 0.3) is 0 Å². The molecule has 0 radical (unpaired) electrons. The first kappa shape index (κ1) is 16.3. The van der Waals surface area contributed by atoms with E-state index in [4.69, 9.17) is 9.47 Å². The molecule has 5 heteroatoms. The molecular formula is C16H28N2O3. The predicted octanol–water partition coefficient (Wildman–Crippen LogP) is 3.09. The molecule has 1 saturated carbocycles. The molecule has 0 bridgehead atoms. The molecule has 0 unspecified atom stereocenters. The fraction of sp³-hybridized carbons (Fsp3) is 0.875. The van der Waals surface area contributed by atoms with Crippen LogP contribution >= 0.6 is 0 Å². The van der Waals surface area contributed by atoms with Gasteiger partial charge in [-0.25, -0.2) is 4.79 Å². The van der Waals surface area contributed by atoms with Crippen LogP contribution in [-0.4, -0.2) is 49.7 Å². The Labute approximate surface area is 127 Å². The van der Waals surface area contributed by atoms with Gasteiger partial charge < -0.3 is 14.4 Å². The molecule has 0 aromatic rings. The first-order valence-electron chi connectivity index (χ1n) is 8.25. The average molecular weight is 296 g/mol. The van der Waals surface area contributed by atoms with Gasteiger partial charge in [0.15, 0.2) is 0 Å². The summed E-state index contributed by atoms with van der Waals surface area (Å²) >= 11 is 0. The molecular weight excluding hydrogens is 268 g/mol. The lowest BCUT2D eigenvalue weighted by Crippen LogP contribution is -2.43. The van der Waals surface area contributed by atoms with E-state index in [1.54, 1.807) is 0 Å². The maximum Gasteiger partial charge on any atom is 0.435 e. The molecule has 1 heterocycles. The van der Waals surface area contributed by atoms with Crippen molar-refractivity contribution in [3.05, 3.63) is 0 Å². The Bertz CT molecular complexity index is 357. The quantitative estimate of drug-likeness (QED) is 0.593. The minimum Gasteiger partial charge on any atom is -0.448 e. The summed E-state index contributed by atoms with van der Waals surface area (Å²) in [7, 11) is 0. The minimum atomic E-state index is -0.434. The van der Waals surface area contributed by atoms with Gasteiger partial charge in [-0.05, 0) is 18.8 Å². The Hall–Kier alpha value is -1.10. The summed E-state index contributed by atoms with van der Waals surface area (Å²) in [5.41, 5.74) is 0. The molecule has 1 aliphatic carbocycles. The van der Waals surface area contributed by atoms with Crippen LogP contribution < -0.4 is 0 Å². The van der Waals surface area contributed by atoms with E-state index in [0.29, 0.717) is 25.7 Å². The smallest absolute Gasteiger partial charge is 0.435 e. The van der Waals surface area contributed by atoms with Crippen molar-refractivity contribution in [2.45, 2.75) is 46.0 Å². The number of amides is 1. The van der Waals surface area contributed by atoms with E-state index < -0.39 is 6.09 Å². The van der Waals surface area contributed by atoms with Gasteiger partial charge in [0.2, 0.25) is 0 Å². The molecule has 1 saturated heterocycles. The summed E-state index contributed by atoms with van der Waals surface area (Å²) in [6.45, 7) is 7.63. The summed E-state index contributed by atoms with van der Waals surface area (Å²) in [6.07, 6.45) is 5.76. The van der Waals surface area contributed by atoms with Crippen molar-refractivity contribution in [1.82, 2.24) is 4.90 Å². The van der Waals surface area contributed by atoms with Gasteiger partial charge >= 0.3 is 6.09 Å². The van der Waals surface area contributed by atoms with E-state index >= 15 is 0 Å². The highest BCUT2D eigenvalue weighted by molar-refractivity contribution is 5.93. The number of hydrogen-bond donors (Lipinski definition) is 0. The van der Waals surface area contributed by atoms with Gasteiger partial charge in [0, 0.05) is 19.0 Å². The van der Waals surface area contributed by atoms with Crippen LogP contribution in [0.3, 0.4) is 0 Å². The second-order valence-corrected chi connectivity index (χ2v) is 6.31. The summed E-state index contributed by atoms with van der Waals surface area (Å²) in [5, 5.41) is 0. The highest BCUT2D eigenvalue weighted by Gasteiger charge is 2.20. The van der Waals surface area contributed by atoms with Crippen molar-refractivity contribution in [3.63, 3.8) is 0 Å². The van der Waals surface area contributed by atoms with E-state index in [0.717, 1.165) is 18.9 Å². The SMILES string of the molecule is CC(C)/C(=N/C(=O)OCC1CCCCC1)N1CCOCC1. The summed E-state index contributed by atoms with van der Waals surface area (Å²) in [5.74, 6) is 1.57. The van der Waals surface area contributed by atoms with Gasteiger partial charge in [0.1, 0.15) is 5.84 Å². The van der Waals surface area contributed by atoms with Crippen LogP contribution in [0.25, 0.3) is 0 Å². The Balaban J connectivity index is 1.85. The molecule has 120 valence electrons. The lowest BCUT2D eigenvalue weighted by molar-refractivity contribution is 0.0658. The number of amidine groups is 1. The largest absolute Gasteiger partial charge is 0.448 e. The first-order valence-corrected chi connectivity index (χ1v) is 8.25. The van der Waals surface area contributed by atoms with Crippen molar-refractivity contribution < 1.29 is 14.3 Å². The zero-order valence-electron chi connectivity index (χ0n) is 13.3. The molecule has 1 aliphatic heterocycles. The highest BCUT2D eigenvalue weighted by Crippen LogP contribution is 2.23. The lowest BCUT2D eigenvalue weighted by Gasteiger charge is -2.31. The third-order valence-corrected chi connectivity index (χ3v) is 4.22. The monoisotopic (exact) mass is 296 g/mol. The second-order valence-electron chi connectivity index (χ2n) is 6.31. The third kappa shape index (κ3) is 5.30. The van der Waals surface area contributed by atoms with Crippen molar-refractivity contribution in [1.29, 1.82) is 0 Å². The van der Waals surface area contributed by atoms with Crippen molar-refractivity contribution >= 4 is 11.9 Å². The Kier molecular flexibility index (Phi) is 6.49. The molecule has 0 spiro atoms. The fourth-order valence-electron chi connectivity index (χ4n) is 3.03. The van der Waals surface area contributed by atoms with E-state index in [2.05, 4.69) is 23.7 Å². The highest BCUT2D eigenvalue weighted by atomic mass is 16.5. The van der Waals surface area contributed by atoms with Gasteiger partial charge in [0.05, 0.1) is 19.8 Å². The molecule has 2 aliphatic rings. The Morgan fingerprint density at radius 2 is 1.90 bits per heavy atom. The number of morpholine rings is 1. The van der Waals surface area contributed by atoms with Crippen molar-refractivity contribution in [2.75, 3.05) is 32.9 Å². The first-order chi connectivity index (χ1) is 10.2. The zero-order chi connectivity index (χ0) is 15.1. The van der Waals surface area contributed by atoms with Gasteiger partial charge in [-0.1, -0.05) is 33.1 Å². The van der Waals surface area contributed by atoms with Crippen LogP contribution in [0.4, 0.5) is 4.79 Å². The van der Waals surface area contributed by atoms with Crippen LogP contribution in [0, 0.1) is 11.8 Å². The van der Waals surface area contributed by atoms with Crippen LogP contribution in [0.5, 0.6) is 0 Å². The number of nitrogens with zero attached hydrogens (tertiary/aromatic N) is 2. The number of carbonyl (C=O) groups is 1. The van der Waals surface area contributed by atoms with E-state index in [-0.39, 0.29) is 5.92 Å². The summed E-state index contributed by atoms with van der Waals surface area (Å²) < 4.78 is 10.7. The molecule has 2 rings (SSSR count). The van der Waals surface area contributed by atoms with Crippen LogP contribution in [0.2, 0.25) is 0 Å². The minimum absolute atomic E-state index is 0.213. The molecule has 21 heavy (non-hydrogen) atoms. The summed E-state index contributed by atoms with van der Waals surface area (Å²) in [6, 6.07) is 0. The van der Waals surface area contributed by atoms with Crippen molar-refractivity contribution in [3.8, 4) is 0 Å². The van der Waals surface area contributed by atoms with Crippen LogP contribution in [-0.2, 0) is 9.47 Å². The standard InChI is InChI=1S/C16H28N2O3/c1-13(2)15(18-8-10-20-11-9-18)17-16(19)21-12-14-6-4-3-5-7-14/h13-14H,3-12H2,1-2H3/b17-15-. The average Bonchev–Trinajstić information content (AvgIpc) is 2.52. The predicted molar refractivity (Wildman–Crippen MR) is 82.6 cm³/mol. The van der Waals surface area contributed by atoms with E-state index in [9.17, 15) is 4.79 Å². The van der Waals surface area contributed by atoms with Gasteiger partial charge in [-0.3, -0.25) is 0 Å². The molecule has 0 N–H and O–H groups in total.